The van der Waals surface area contributed by atoms with Gasteiger partial charge < -0.3 is 14.0 Å². The Labute approximate surface area is 137 Å². The van der Waals surface area contributed by atoms with Gasteiger partial charge in [-0.3, -0.25) is 0 Å². The third-order valence-electron chi connectivity index (χ3n) is 5.10. The van der Waals surface area contributed by atoms with E-state index in [-0.39, 0.29) is 23.4 Å². The van der Waals surface area contributed by atoms with E-state index in [0.717, 1.165) is 25.5 Å². The topological polar surface area (TPSA) is 35.5 Å². The Morgan fingerprint density at radius 3 is 2.41 bits per heavy atom. The Kier molecular flexibility index (Phi) is 7.03. The maximum absolute atomic E-state index is 10.9. The first-order valence-corrected chi connectivity index (χ1v) is 11.4. The molecule has 0 aromatic carbocycles. The number of hydrogen-bond donors (Lipinski definition) is 0. The summed E-state index contributed by atoms with van der Waals surface area (Å²) in [6.07, 6.45) is 6.51. The fourth-order valence-corrected chi connectivity index (χ4v) is 4.06. The highest BCUT2D eigenvalue weighted by Crippen LogP contribution is 2.39. The van der Waals surface area contributed by atoms with Crippen molar-refractivity contribution >= 4 is 14.6 Å². The summed E-state index contributed by atoms with van der Waals surface area (Å²) in [6.45, 7) is 17.4. The second-order valence-corrected chi connectivity index (χ2v) is 13.0. The highest BCUT2D eigenvalue weighted by atomic mass is 28.4. The van der Waals surface area contributed by atoms with E-state index in [4.69, 9.17) is 9.16 Å². The molecule has 1 rings (SSSR count). The summed E-state index contributed by atoms with van der Waals surface area (Å²) in [5.41, 5.74) is 0. The largest absolute Gasteiger partial charge is 0.414 e. The van der Waals surface area contributed by atoms with E-state index in [1.54, 1.807) is 0 Å². The Morgan fingerprint density at radius 1 is 1.32 bits per heavy atom. The summed E-state index contributed by atoms with van der Waals surface area (Å²) in [5.74, 6) is 0.425. The molecule has 0 N–H and O–H groups in total. The highest BCUT2D eigenvalue weighted by molar-refractivity contribution is 6.74. The Hall–Kier alpha value is -0.453. The van der Waals surface area contributed by atoms with E-state index in [1.807, 2.05) is 6.08 Å². The van der Waals surface area contributed by atoms with E-state index >= 15 is 0 Å². The van der Waals surface area contributed by atoms with Crippen LogP contribution in [0.2, 0.25) is 18.1 Å². The molecule has 0 aromatic rings. The number of carbonyl (C=O) groups is 1. The van der Waals surface area contributed by atoms with Gasteiger partial charge in [0.1, 0.15) is 6.29 Å². The molecule has 1 aliphatic heterocycles. The maximum Gasteiger partial charge on any atom is 0.192 e. The van der Waals surface area contributed by atoms with Crippen LogP contribution in [0.25, 0.3) is 0 Å². The van der Waals surface area contributed by atoms with E-state index in [0.29, 0.717) is 12.3 Å². The number of rotatable bonds is 7. The minimum atomic E-state index is -1.79. The first-order valence-electron chi connectivity index (χ1n) is 8.48. The van der Waals surface area contributed by atoms with Crippen LogP contribution in [0.4, 0.5) is 0 Å². The summed E-state index contributed by atoms with van der Waals surface area (Å²) in [6, 6.07) is 0. The van der Waals surface area contributed by atoms with Crippen molar-refractivity contribution in [1.29, 1.82) is 0 Å². The number of ether oxygens (including phenoxy) is 1. The molecule has 0 aromatic heterocycles. The van der Waals surface area contributed by atoms with Gasteiger partial charge in [0.2, 0.25) is 0 Å². The van der Waals surface area contributed by atoms with Crippen LogP contribution in [0.15, 0.2) is 12.7 Å². The predicted octanol–water partition coefficient (Wildman–Crippen LogP) is 4.73. The molecular formula is C18H34O3Si. The first-order chi connectivity index (χ1) is 10.1. The zero-order valence-electron chi connectivity index (χ0n) is 15.2. The normalized spacial score (nSPS) is 28.2. The highest BCUT2D eigenvalue weighted by Gasteiger charge is 2.41. The van der Waals surface area contributed by atoms with Crippen LogP contribution in [0.3, 0.4) is 0 Å². The van der Waals surface area contributed by atoms with Crippen LogP contribution >= 0.6 is 0 Å². The molecule has 1 saturated heterocycles. The van der Waals surface area contributed by atoms with Crippen molar-refractivity contribution in [2.75, 3.05) is 0 Å². The van der Waals surface area contributed by atoms with Crippen molar-refractivity contribution < 1.29 is 14.0 Å². The van der Waals surface area contributed by atoms with Crippen LogP contribution in [0, 0.1) is 5.92 Å². The van der Waals surface area contributed by atoms with E-state index in [2.05, 4.69) is 47.4 Å². The molecule has 4 heteroatoms. The average molecular weight is 327 g/mol. The summed E-state index contributed by atoms with van der Waals surface area (Å²) in [7, 11) is -1.79. The Bertz CT molecular complexity index is 373. The monoisotopic (exact) mass is 326 g/mol. The van der Waals surface area contributed by atoms with Gasteiger partial charge in [-0.2, -0.15) is 0 Å². The van der Waals surface area contributed by atoms with Gasteiger partial charge in [0, 0.05) is 12.5 Å². The van der Waals surface area contributed by atoms with E-state index < -0.39 is 8.32 Å². The molecule has 0 unspecified atom stereocenters. The number of hydrogen-bond acceptors (Lipinski definition) is 3. The second-order valence-electron chi connectivity index (χ2n) is 8.20. The smallest absolute Gasteiger partial charge is 0.192 e. The third kappa shape index (κ3) is 5.63. The quantitative estimate of drug-likeness (QED) is 0.385. The summed E-state index contributed by atoms with van der Waals surface area (Å²) in [4.78, 5) is 10.9. The van der Waals surface area contributed by atoms with Gasteiger partial charge in [0.25, 0.3) is 0 Å². The molecular weight excluding hydrogens is 292 g/mol. The Balaban J connectivity index is 2.75. The van der Waals surface area contributed by atoms with Gasteiger partial charge in [-0.1, -0.05) is 33.8 Å². The molecule has 0 bridgehead atoms. The van der Waals surface area contributed by atoms with Gasteiger partial charge in [0.05, 0.1) is 12.2 Å². The van der Waals surface area contributed by atoms with Gasteiger partial charge >= 0.3 is 0 Å². The molecule has 4 atom stereocenters. The van der Waals surface area contributed by atoms with Crippen LogP contribution in [0.5, 0.6) is 0 Å². The molecule has 0 saturated carbocycles. The summed E-state index contributed by atoms with van der Waals surface area (Å²) in [5, 5.41) is 0.204. The van der Waals surface area contributed by atoms with Gasteiger partial charge in [-0.25, -0.2) is 0 Å². The van der Waals surface area contributed by atoms with Crippen molar-refractivity contribution in [3.05, 3.63) is 12.7 Å². The molecule has 22 heavy (non-hydrogen) atoms. The minimum Gasteiger partial charge on any atom is -0.414 e. The van der Waals surface area contributed by atoms with Crippen LogP contribution in [-0.2, 0) is 14.0 Å². The SMILES string of the molecule is C=C[C@H](C)C[C@@H]1C[C@H](O[Si](C)(C)C(C)(C)C)C[C@H](CC=O)O1. The van der Waals surface area contributed by atoms with E-state index in [9.17, 15) is 4.79 Å². The number of aldehydes is 1. The van der Waals surface area contributed by atoms with Crippen molar-refractivity contribution in [2.45, 2.75) is 89.8 Å². The lowest BCUT2D eigenvalue weighted by atomic mass is 9.93. The molecule has 0 radical (unpaired) electrons. The fraction of sp³-hybridized carbons (Fsp3) is 0.833. The van der Waals surface area contributed by atoms with Crippen LogP contribution in [-0.4, -0.2) is 32.9 Å². The summed E-state index contributed by atoms with van der Waals surface area (Å²) < 4.78 is 12.7. The number of carbonyl (C=O) groups excluding carboxylic acids is 1. The lowest BCUT2D eigenvalue weighted by Crippen LogP contribution is -2.48. The second kappa shape index (κ2) is 7.89. The van der Waals surface area contributed by atoms with Crippen LogP contribution < -0.4 is 0 Å². The van der Waals surface area contributed by atoms with Crippen molar-refractivity contribution in [3.63, 3.8) is 0 Å². The molecule has 1 aliphatic rings. The summed E-state index contributed by atoms with van der Waals surface area (Å²) >= 11 is 0. The molecule has 1 fully saturated rings. The lowest BCUT2D eigenvalue weighted by Gasteiger charge is -2.43. The van der Waals surface area contributed by atoms with Crippen LogP contribution in [0.1, 0.15) is 53.4 Å². The lowest BCUT2D eigenvalue weighted by molar-refractivity contribution is -0.121. The predicted molar refractivity (Wildman–Crippen MR) is 94.6 cm³/mol. The molecule has 0 aliphatic carbocycles. The van der Waals surface area contributed by atoms with Crippen molar-refractivity contribution in [2.24, 2.45) is 5.92 Å². The zero-order chi connectivity index (χ0) is 17.0. The number of allylic oxidation sites excluding steroid dienone is 1. The van der Waals surface area contributed by atoms with Gasteiger partial charge in [0.15, 0.2) is 8.32 Å². The average Bonchev–Trinajstić information content (AvgIpc) is 2.36. The van der Waals surface area contributed by atoms with Gasteiger partial charge in [-0.05, 0) is 43.3 Å². The first kappa shape index (κ1) is 19.6. The third-order valence-corrected chi connectivity index (χ3v) is 9.64. The van der Waals surface area contributed by atoms with Gasteiger partial charge in [-0.15, -0.1) is 6.58 Å². The molecule has 0 spiro atoms. The van der Waals surface area contributed by atoms with Crippen molar-refractivity contribution in [1.82, 2.24) is 0 Å². The fourth-order valence-electron chi connectivity index (χ4n) is 2.68. The molecule has 0 amide bonds. The standard InChI is InChI=1S/C18H34O3Si/c1-8-14(2)11-16-13-17(12-15(20-16)9-10-19)21-22(6,7)18(3,4)5/h8,10,14-17H,1,9,11-13H2,2-7H3/t14-,15-,16+,17+/m0/s1. The molecule has 128 valence electrons. The van der Waals surface area contributed by atoms with E-state index in [1.165, 1.54) is 0 Å². The molecule has 1 heterocycles. The minimum absolute atomic E-state index is 0.00281. The van der Waals surface area contributed by atoms with Crippen molar-refractivity contribution in [3.8, 4) is 0 Å². The maximum atomic E-state index is 10.9. The Morgan fingerprint density at radius 2 is 1.91 bits per heavy atom. The molecule has 3 nitrogen and oxygen atoms in total. The zero-order valence-corrected chi connectivity index (χ0v) is 16.2.